The normalized spacial score (nSPS) is 42.5. The predicted octanol–water partition coefficient (Wildman–Crippen LogP) is -3.23. The van der Waals surface area contributed by atoms with Gasteiger partial charge in [-0.05, 0) is 24.5 Å². The van der Waals surface area contributed by atoms with Gasteiger partial charge in [-0.2, -0.15) is 0 Å². The van der Waals surface area contributed by atoms with Crippen molar-refractivity contribution >= 4 is 5.97 Å². The van der Waals surface area contributed by atoms with Crippen molar-refractivity contribution in [2.75, 3.05) is 20.3 Å². The Labute approximate surface area is 206 Å². The molecule has 36 heavy (non-hydrogen) atoms. The van der Waals surface area contributed by atoms with Gasteiger partial charge in [0.25, 0.3) is 0 Å². The van der Waals surface area contributed by atoms with Gasteiger partial charge in [0.05, 0.1) is 33.0 Å². The molecule has 0 radical (unpaired) electrons. The van der Waals surface area contributed by atoms with Crippen LogP contribution >= 0.6 is 0 Å². The number of methoxy groups -OCH3 is 1. The molecule has 0 spiro atoms. The second-order valence-corrected chi connectivity index (χ2v) is 8.72. The van der Waals surface area contributed by atoms with Gasteiger partial charge in [0.2, 0.25) is 6.29 Å². The minimum atomic E-state index is -1.70. The fourth-order valence-electron chi connectivity index (χ4n) is 4.04. The molecule has 14 heteroatoms. The molecule has 0 saturated carbocycles. The minimum absolute atomic E-state index is 0.0192. The summed E-state index contributed by atoms with van der Waals surface area (Å²) < 4.78 is 32.2. The number of aliphatic hydroxyl groups excluding tert-OH is 7. The summed E-state index contributed by atoms with van der Waals surface area (Å²) in [6.45, 7) is 0.585. The van der Waals surface area contributed by atoms with Crippen LogP contribution in [0.3, 0.4) is 0 Å². The van der Waals surface area contributed by atoms with Crippen LogP contribution in [-0.4, -0.2) is 130 Å². The molecule has 10 unspecified atom stereocenters. The maximum atomic E-state index is 11.5. The topological polar surface area (TPSA) is 214 Å². The van der Waals surface area contributed by atoms with Crippen LogP contribution in [0, 0.1) is 0 Å². The number of hydrogen-bond donors (Lipinski definition) is 7. The van der Waals surface area contributed by atoms with Gasteiger partial charge in [0, 0.05) is 0 Å². The highest BCUT2D eigenvalue weighted by Crippen LogP contribution is 2.31. The Morgan fingerprint density at radius 1 is 0.972 bits per heavy atom. The summed E-state index contributed by atoms with van der Waals surface area (Å²) in [7, 11) is 1.27. The number of aliphatic hydroxyl groups is 7. The zero-order valence-electron chi connectivity index (χ0n) is 19.8. The van der Waals surface area contributed by atoms with Crippen molar-refractivity contribution < 1.29 is 69.0 Å². The third-order valence-corrected chi connectivity index (χ3v) is 6.26. The van der Waals surface area contributed by atoms with E-state index >= 15 is 0 Å². The highest BCUT2D eigenvalue weighted by Gasteiger charge is 2.48. The first-order chi connectivity index (χ1) is 17.1. The Balaban J connectivity index is 1.63. The van der Waals surface area contributed by atoms with Crippen molar-refractivity contribution in [2.24, 2.45) is 0 Å². The van der Waals surface area contributed by atoms with E-state index in [4.69, 9.17) is 23.7 Å². The van der Waals surface area contributed by atoms with Crippen LogP contribution in [-0.2, 0) is 33.2 Å². The molecule has 14 nitrogen and oxygen atoms in total. The molecule has 0 bridgehead atoms. The Morgan fingerprint density at radius 3 is 2.19 bits per heavy atom. The number of carbonyl (C=O) groups is 1. The first-order valence-electron chi connectivity index (χ1n) is 11.4. The summed E-state index contributed by atoms with van der Waals surface area (Å²) in [4.78, 5) is 11.5. The Kier molecular flexibility index (Phi) is 10.2. The number of allylic oxidation sites excluding steroid dienone is 1. The monoisotopic (exact) mass is 522 g/mol. The Hall–Kier alpha value is -1.69. The molecule has 2 saturated heterocycles. The third kappa shape index (κ3) is 6.41. The fourth-order valence-corrected chi connectivity index (χ4v) is 4.04. The Bertz CT molecular complexity index is 800. The molecule has 3 aliphatic rings. The number of carbonyl (C=O) groups excluding carboxylic acids is 1. The molecule has 0 aromatic carbocycles. The first-order valence-corrected chi connectivity index (χ1v) is 11.4. The fraction of sp³-hybridized carbons (Fsp3) is 0.773. The van der Waals surface area contributed by atoms with Crippen molar-refractivity contribution in [1.29, 1.82) is 0 Å². The molecule has 0 aromatic rings. The van der Waals surface area contributed by atoms with Crippen molar-refractivity contribution in [3.63, 3.8) is 0 Å². The molecule has 3 heterocycles. The van der Waals surface area contributed by atoms with Crippen LogP contribution in [0.4, 0.5) is 0 Å². The number of hydrogen-bond acceptors (Lipinski definition) is 14. The lowest BCUT2D eigenvalue weighted by Crippen LogP contribution is -2.62. The zero-order valence-corrected chi connectivity index (χ0v) is 19.8. The number of rotatable bonds is 8. The number of esters is 1. The molecule has 2 fully saturated rings. The summed E-state index contributed by atoms with van der Waals surface area (Å²) in [5.41, 5.74) is 1.25. The van der Waals surface area contributed by atoms with Crippen LogP contribution in [0.5, 0.6) is 0 Å². The SMILES string of the molecule is C/C=C1\CC(CC(=O)OC)=CO[C@H]1OC1OC(COC2OC(CO)C(O)C(O)C2O)C(O)C(O)C1O. The van der Waals surface area contributed by atoms with E-state index in [0.717, 1.165) is 0 Å². The molecule has 206 valence electrons. The third-order valence-electron chi connectivity index (χ3n) is 6.26. The van der Waals surface area contributed by atoms with Crippen LogP contribution < -0.4 is 0 Å². The van der Waals surface area contributed by atoms with E-state index in [1.807, 2.05) is 0 Å². The van der Waals surface area contributed by atoms with E-state index in [2.05, 4.69) is 4.74 Å². The van der Waals surface area contributed by atoms with Crippen LogP contribution in [0.15, 0.2) is 23.5 Å². The van der Waals surface area contributed by atoms with Crippen LogP contribution in [0.25, 0.3) is 0 Å². The lowest BCUT2D eigenvalue weighted by molar-refractivity contribution is -0.344. The molecule has 0 amide bonds. The lowest BCUT2D eigenvalue weighted by atomic mass is 9.98. The Morgan fingerprint density at radius 2 is 1.58 bits per heavy atom. The summed E-state index contributed by atoms with van der Waals surface area (Å²) >= 11 is 0. The van der Waals surface area contributed by atoms with Gasteiger partial charge in [-0.25, -0.2) is 0 Å². The lowest BCUT2D eigenvalue weighted by Gasteiger charge is -2.43. The standard InChI is InChI=1S/C22H34O14/c1-3-10-4-9(5-13(24)31-2)7-32-20(10)36-22-19(30)17(28)15(26)12(35-22)8-33-21-18(29)16(27)14(25)11(6-23)34-21/h3,7,11-12,14-23,25-30H,4-6,8H2,1-2H3/b10-3+/t11?,12?,14?,15?,16?,17?,18?,19?,20-,21?,22?/m0/s1. The zero-order chi connectivity index (χ0) is 26.6. The summed E-state index contributed by atoms with van der Waals surface area (Å²) in [5, 5.41) is 70.3. The van der Waals surface area contributed by atoms with Gasteiger partial charge in [0.15, 0.2) is 12.6 Å². The van der Waals surface area contributed by atoms with E-state index < -0.39 is 86.9 Å². The minimum Gasteiger partial charge on any atom is -0.469 e. The largest absolute Gasteiger partial charge is 0.469 e. The van der Waals surface area contributed by atoms with E-state index in [1.165, 1.54) is 13.4 Å². The summed E-state index contributed by atoms with van der Waals surface area (Å²) in [6, 6.07) is 0. The van der Waals surface area contributed by atoms with Gasteiger partial charge in [-0.15, -0.1) is 0 Å². The molecule has 0 aromatic heterocycles. The van der Waals surface area contributed by atoms with E-state index in [0.29, 0.717) is 17.6 Å². The van der Waals surface area contributed by atoms with Crippen LogP contribution in [0.2, 0.25) is 0 Å². The van der Waals surface area contributed by atoms with E-state index in [-0.39, 0.29) is 6.42 Å². The van der Waals surface area contributed by atoms with Crippen LogP contribution in [0.1, 0.15) is 19.8 Å². The second-order valence-electron chi connectivity index (χ2n) is 8.72. The van der Waals surface area contributed by atoms with E-state index in [9.17, 15) is 40.5 Å². The maximum Gasteiger partial charge on any atom is 0.309 e. The van der Waals surface area contributed by atoms with E-state index in [1.54, 1.807) is 13.0 Å². The molecular weight excluding hydrogens is 488 g/mol. The second kappa shape index (κ2) is 12.7. The van der Waals surface area contributed by atoms with Crippen molar-refractivity contribution in [3.05, 3.63) is 23.5 Å². The highest BCUT2D eigenvalue weighted by atomic mass is 16.8. The van der Waals surface area contributed by atoms with Gasteiger partial charge in [0.1, 0.15) is 48.8 Å². The summed E-state index contributed by atoms with van der Waals surface area (Å²) in [6.07, 6.45) is -13.0. The smallest absolute Gasteiger partial charge is 0.309 e. The van der Waals surface area contributed by atoms with Gasteiger partial charge < -0.3 is 64.2 Å². The average Bonchev–Trinajstić information content (AvgIpc) is 2.88. The summed E-state index contributed by atoms with van der Waals surface area (Å²) in [5.74, 6) is -0.440. The number of ether oxygens (including phenoxy) is 6. The quantitative estimate of drug-likeness (QED) is 0.123. The molecule has 11 atom stereocenters. The average molecular weight is 523 g/mol. The van der Waals surface area contributed by atoms with Crippen molar-refractivity contribution in [3.8, 4) is 0 Å². The maximum absolute atomic E-state index is 11.5. The highest BCUT2D eigenvalue weighted by molar-refractivity contribution is 5.72. The van der Waals surface area contributed by atoms with Crippen molar-refractivity contribution in [2.45, 2.75) is 87.5 Å². The molecule has 0 aliphatic carbocycles. The molecule has 3 aliphatic heterocycles. The predicted molar refractivity (Wildman–Crippen MR) is 115 cm³/mol. The van der Waals surface area contributed by atoms with Gasteiger partial charge >= 0.3 is 5.97 Å². The molecule has 7 N–H and O–H groups in total. The van der Waals surface area contributed by atoms with Crippen molar-refractivity contribution in [1.82, 2.24) is 0 Å². The van der Waals surface area contributed by atoms with Gasteiger partial charge in [-0.3, -0.25) is 4.79 Å². The van der Waals surface area contributed by atoms with Gasteiger partial charge in [-0.1, -0.05) is 6.08 Å². The molecular formula is C22H34O14. The molecule has 3 rings (SSSR count). The first kappa shape index (κ1) is 28.9.